The first-order valence-corrected chi connectivity index (χ1v) is 10.6. The van der Waals surface area contributed by atoms with Gasteiger partial charge in [0, 0.05) is 51.9 Å². The van der Waals surface area contributed by atoms with Crippen molar-refractivity contribution >= 4 is 11.6 Å². The third-order valence-corrected chi connectivity index (χ3v) is 5.73. The van der Waals surface area contributed by atoms with Crippen molar-refractivity contribution in [2.24, 2.45) is 5.92 Å². The number of anilines is 2. The van der Waals surface area contributed by atoms with Gasteiger partial charge < -0.3 is 20.1 Å². The number of hydrogen-bond donors (Lipinski definition) is 2. The molecule has 2 aliphatic rings. The molecule has 156 valence electrons. The van der Waals surface area contributed by atoms with Gasteiger partial charge in [-0.15, -0.1) is 0 Å². The zero-order valence-corrected chi connectivity index (χ0v) is 17.0. The first-order chi connectivity index (χ1) is 14.3. The van der Waals surface area contributed by atoms with Gasteiger partial charge in [-0.05, 0) is 29.9 Å². The summed E-state index contributed by atoms with van der Waals surface area (Å²) in [6, 6.07) is 10.7. The number of hydrogen-bond acceptors (Lipinski definition) is 7. The van der Waals surface area contributed by atoms with Crippen LogP contribution in [0.5, 0.6) is 0 Å². The van der Waals surface area contributed by atoms with E-state index in [4.69, 9.17) is 4.74 Å². The zero-order chi connectivity index (χ0) is 19.9. The van der Waals surface area contributed by atoms with Gasteiger partial charge >= 0.3 is 0 Å². The molecule has 0 bridgehead atoms. The lowest BCUT2D eigenvalue weighted by Gasteiger charge is -2.32. The molecule has 2 fully saturated rings. The summed E-state index contributed by atoms with van der Waals surface area (Å²) in [5.74, 6) is 2.10. The first-order valence-electron chi connectivity index (χ1n) is 10.6. The van der Waals surface area contributed by atoms with Crippen LogP contribution in [0.25, 0.3) is 0 Å². The molecule has 0 spiro atoms. The van der Waals surface area contributed by atoms with Crippen molar-refractivity contribution in [1.82, 2.24) is 14.9 Å². The average Bonchev–Trinajstić information content (AvgIpc) is 2.79. The molecule has 1 aromatic heterocycles. The summed E-state index contributed by atoms with van der Waals surface area (Å²) in [6.07, 6.45) is 3.80. The number of aromatic nitrogens is 2. The molecule has 2 aliphatic heterocycles. The fourth-order valence-corrected chi connectivity index (χ4v) is 4.09. The second-order valence-corrected chi connectivity index (χ2v) is 7.96. The first kappa shape index (κ1) is 20.1. The van der Waals surface area contributed by atoms with Gasteiger partial charge in [0.1, 0.15) is 18.0 Å². The fourth-order valence-electron chi connectivity index (χ4n) is 4.09. The van der Waals surface area contributed by atoms with E-state index >= 15 is 0 Å². The van der Waals surface area contributed by atoms with Crippen molar-refractivity contribution in [3.8, 4) is 0 Å². The number of aliphatic hydroxyl groups is 1. The lowest BCUT2D eigenvalue weighted by Crippen LogP contribution is -2.37. The predicted octanol–water partition coefficient (Wildman–Crippen LogP) is 2.13. The Morgan fingerprint density at radius 2 is 1.97 bits per heavy atom. The maximum Gasteiger partial charge on any atom is 0.134 e. The molecule has 0 saturated carbocycles. The van der Waals surface area contributed by atoms with Crippen molar-refractivity contribution in [2.75, 3.05) is 56.2 Å². The van der Waals surface area contributed by atoms with Crippen molar-refractivity contribution < 1.29 is 9.84 Å². The normalized spacial score (nSPS) is 20.6. The molecule has 0 radical (unpaired) electrons. The number of ether oxygens (including phenoxy) is 1. The highest BCUT2D eigenvalue weighted by Crippen LogP contribution is 2.22. The Balaban J connectivity index is 1.35. The van der Waals surface area contributed by atoms with Crippen LogP contribution in [0, 0.1) is 5.92 Å². The summed E-state index contributed by atoms with van der Waals surface area (Å²) in [4.78, 5) is 13.5. The second-order valence-electron chi connectivity index (χ2n) is 7.96. The average molecular weight is 398 g/mol. The summed E-state index contributed by atoms with van der Waals surface area (Å²) in [5.41, 5.74) is 2.58. The lowest BCUT2D eigenvalue weighted by molar-refractivity contribution is 0.0342. The van der Waals surface area contributed by atoms with Gasteiger partial charge in [-0.3, -0.25) is 4.90 Å². The molecule has 3 heterocycles. The SMILES string of the molecule is OCC1CCCN(c2cc(NCc3cccc(CN4CCOCC4)c3)ncn2)C1. The molecular formula is C22H31N5O2. The topological polar surface area (TPSA) is 73.8 Å². The molecule has 4 rings (SSSR count). The molecule has 0 amide bonds. The quantitative estimate of drug-likeness (QED) is 0.741. The highest BCUT2D eigenvalue weighted by molar-refractivity contribution is 5.49. The number of morpholine rings is 1. The van der Waals surface area contributed by atoms with E-state index in [0.717, 1.165) is 77.0 Å². The smallest absolute Gasteiger partial charge is 0.134 e. The fraction of sp³-hybridized carbons (Fsp3) is 0.545. The van der Waals surface area contributed by atoms with Crippen LogP contribution in [-0.4, -0.2) is 66.0 Å². The lowest BCUT2D eigenvalue weighted by atomic mass is 9.99. The number of piperidine rings is 1. The monoisotopic (exact) mass is 397 g/mol. The van der Waals surface area contributed by atoms with Gasteiger partial charge in [0.25, 0.3) is 0 Å². The van der Waals surface area contributed by atoms with Crippen molar-refractivity contribution in [1.29, 1.82) is 0 Å². The number of benzene rings is 1. The molecule has 0 aliphatic carbocycles. The summed E-state index contributed by atoms with van der Waals surface area (Å²) in [5, 5.41) is 12.9. The molecule has 7 nitrogen and oxygen atoms in total. The minimum atomic E-state index is 0.244. The molecule has 1 unspecified atom stereocenters. The largest absolute Gasteiger partial charge is 0.396 e. The van der Waals surface area contributed by atoms with Gasteiger partial charge in [-0.25, -0.2) is 9.97 Å². The number of aliphatic hydroxyl groups excluding tert-OH is 1. The van der Waals surface area contributed by atoms with Crippen LogP contribution in [0.2, 0.25) is 0 Å². The summed E-state index contributed by atoms with van der Waals surface area (Å²) in [6.45, 7) is 7.43. The zero-order valence-electron chi connectivity index (χ0n) is 17.0. The van der Waals surface area contributed by atoms with E-state index < -0.39 is 0 Å². The van der Waals surface area contributed by atoms with Crippen LogP contribution in [-0.2, 0) is 17.8 Å². The molecule has 2 aromatic rings. The highest BCUT2D eigenvalue weighted by Gasteiger charge is 2.20. The number of nitrogens with one attached hydrogen (secondary N) is 1. The third-order valence-electron chi connectivity index (χ3n) is 5.73. The van der Waals surface area contributed by atoms with Crippen LogP contribution in [0.3, 0.4) is 0 Å². The van der Waals surface area contributed by atoms with Crippen LogP contribution in [0.4, 0.5) is 11.6 Å². The molecule has 2 N–H and O–H groups in total. The van der Waals surface area contributed by atoms with E-state index in [1.807, 2.05) is 6.07 Å². The Bertz CT molecular complexity index is 781. The van der Waals surface area contributed by atoms with E-state index in [-0.39, 0.29) is 6.61 Å². The Hall–Kier alpha value is -2.22. The number of nitrogens with zero attached hydrogens (tertiary/aromatic N) is 4. The van der Waals surface area contributed by atoms with E-state index in [2.05, 4.69) is 49.4 Å². The number of rotatable bonds is 7. The van der Waals surface area contributed by atoms with Crippen LogP contribution in [0.15, 0.2) is 36.7 Å². The second kappa shape index (κ2) is 10.0. The minimum absolute atomic E-state index is 0.244. The van der Waals surface area contributed by atoms with Crippen molar-refractivity contribution in [2.45, 2.75) is 25.9 Å². The summed E-state index contributed by atoms with van der Waals surface area (Å²) < 4.78 is 5.43. The maximum atomic E-state index is 9.47. The predicted molar refractivity (Wildman–Crippen MR) is 114 cm³/mol. The molecule has 1 atom stereocenters. The molecule has 1 aromatic carbocycles. The van der Waals surface area contributed by atoms with E-state index in [0.29, 0.717) is 5.92 Å². The minimum Gasteiger partial charge on any atom is -0.396 e. The van der Waals surface area contributed by atoms with Crippen LogP contribution < -0.4 is 10.2 Å². The van der Waals surface area contributed by atoms with E-state index in [9.17, 15) is 5.11 Å². The Labute approximate surface area is 172 Å². The maximum absolute atomic E-state index is 9.47. The van der Waals surface area contributed by atoms with Crippen LogP contribution >= 0.6 is 0 Å². The van der Waals surface area contributed by atoms with E-state index in [1.165, 1.54) is 11.1 Å². The standard InChI is InChI=1S/C22H31N5O2/c28-16-20-5-2-6-27(15-20)22-12-21(24-17-25-22)23-13-18-3-1-4-19(11-18)14-26-7-9-29-10-8-26/h1,3-4,11-12,17,20,28H,2,5-10,13-16H2,(H,23,24,25). The van der Waals surface area contributed by atoms with Gasteiger partial charge in [0.15, 0.2) is 0 Å². The Morgan fingerprint density at radius 3 is 2.83 bits per heavy atom. The molecular weight excluding hydrogens is 366 g/mol. The molecule has 7 heteroatoms. The summed E-state index contributed by atoms with van der Waals surface area (Å²) in [7, 11) is 0. The van der Waals surface area contributed by atoms with Crippen molar-refractivity contribution in [3.05, 3.63) is 47.8 Å². The van der Waals surface area contributed by atoms with Crippen LogP contribution in [0.1, 0.15) is 24.0 Å². The van der Waals surface area contributed by atoms with Crippen molar-refractivity contribution in [3.63, 3.8) is 0 Å². The van der Waals surface area contributed by atoms with Gasteiger partial charge in [0.05, 0.1) is 13.2 Å². The summed E-state index contributed by atoms with van der Waals surface area (Å²) >= 11 is 0. The van der Waals surface area contributed by atoms with Gasteiger partial charge in [0.2, 0.25) is 0 Å². The highest BCUT2D eigenvalue weighted by atomic mass is 16.5. The van der Waals surface area contributed by atoms with E-state index in [1.54, 1.807) is 6.33 Å². The Morgan fingerprint density at radius 1 is 1.10 bits per heavy atom. The third kappa shape index (κ3) is 5.65. The van der Waals surface area contributed by atoms with Gasteiger partial charge in [-0.2, -0.15) is 0 Å². The Kier molecular flexibility index (Phi) is 6.92. The molecule has 29 heavy (non-hydrogen) atoms. The molecule has 2 saturated heterocycles. The van der Waals surface area contributed by atoms with Gasteiger partial charge in [-0.1, -0.05) is 24.3 Å².